The molecule has 0 unspecified atom stereocenters. The summed E-state index contributed by atoms with van der Waals surface area (Å²) in [4.78, 5) is 12.0. The van der Waals surface area contributed by atoms with Crippen LogP contribution in [0.2, 0.25) is 0 Å². The van der Waals surface area contributed by atoms with E-state index in [2.05, 4.69) is 15.9 Å². The molecule has 0 amide bonds. The number of aromatic nitrogens is 1. The second kappa shape index (κ2) is 4.88. The molecule has 3 nitrogen and oxygen atoms in total. The summed E-state index contributed by atoms with van der Waals surface area (Å²) in [6, 6.07) is 5.73. The van der Waals surface area contributed by atoms with Gasteiger partial charge in [0.25, 0.3) is 5.56 Å². The third-order valence-corrected chi connectivity index (χ3v) is 3.24. The van der Waals surface area contributed by atoms with E-state index in [1.54, 1.807) is 0 Å². The number of rotatable bonds is 2. The Bertz CT molecular complexity index is 679. The van der Waals surface area contributed by atoms with Crippen LogP contribution >= 0.6 is 15.9 Å². The monoisotopic (exact) mass is 334 g/mol. The highest BCUT2D eigenvalue weighted by molar-refractivity contribution is 9.09. The number of nitrogens with two attached hydrogens (primary N) is 1. The van der Waals surface area contributed by atoms with E-state index in [9.17, 15) is 18.0 Å². The fourth-order valence-electron chi connectivity index (χ4n) is 2.07. The van der Waals surface area contributed by atoms with Gasteiger partial charge < -0.3 is 5.84 Å². The number of pyridine rings is 1. The fraction of sp³-hybridized carbons (Fsp3) is 0.250. The highest BCUT2D eigenvalue weighted by Gasteiger charge is 2.37. The van der Waals surface area contributed by atoms with Gasteiger partial charge in [-0.25, -0.2) is 4.68 Å². The molecule has 2 aromatic rings. The molecule has 0 bridgehead atoms. The molecule has 2 N–H and O–H groups in total. The number of alkyl halides is 4. The number of para-hydroxylation sites is 1. The summed E-state index contributed by atoms with van der Waals surface area (Å²) in [5.41, 5.74) is -1.96. The summed E-state index contributed by atoms with van der Waals surface area (Å²) >= 11 is 3.05. The molecule has 0 atom stereocenters. The molecule has 7 heteroatoms. The van der Waals surface area contributed by atoms with Crippen LogP contribution in [-0.4, -0.2) is 10.0 Å². The van der Waals surface area contributed by atoms with Crippen molar-refractivity contribution >= 4 is 26.8 Å². The zero-order valence-corrected chi connectivity index (χ0v) is 11.3. The van der Waals surface area contributed by atoms with Crippen LogP contribution in [0.15, 0.2) is 29.1 Å². The first-order valence-corrected chi connectivity index (χ1v) is 6.55. The molecule has 1 aromatic heterocycles. The first-order valence-electron chi connectivity index (χ1n) is 5.42. The van der Waals surface area contributed by atoms with Crippen molar-refractivity contribution in [3.05, 3.63) is 45.7 Å². The van der Waals surface area contributed by atoms with Gasteiger partial charge in [0.15, 0.2) is 0 Å². The number of hydrogen-bond donors (Lipinski definition) is 1. The lowest BCUT2D eigenvalue weighted by Gasteiger charge is -2.16. The summed E-state index contributed by atoms with van der Waals surface area (Å²) in [6.07, 6.45) is -4.62. The van der Waals surface area contributed by atoms with E-state index in [1.165, 1.54) is 24.3 Å². The molecule has 102 valence electrons. The number of fused-ring (bicyclic) bond motifs is 1. The van der Waals surface area contributed by atoms with E-state index >= 15 is 0 Å². The SMILES string of the molecule is Nn1c(=O)c(CCBr)c(C(F)(F)F)c2ccccc21. The minimum atomic E-state index is -4.59. The zero-order valence-electron chi connectivity index (χ0n) is 9.67. The predicted octanol–water partition coefficient (Wildman–Crippen LogP) is 2.67. The fourth-order valence-corrected chi connectivity index (χ4v) is 2.47. The van der Waals surface area contributed by atoms with Gasteiger partial charge in [-0.3, -0.25) is 4.79 Å². The van der Waals surface area contributed by atoms with E-state index in [-0.39, 0.29) is 28.2 Å². The Morgan fingerprint density at radius 3 is 2.47 bits per heavy atom. The molecule has 0 fully saturated rings. The Kier molecular flexibility index (Phi) is 3.58. The second-order valence-corrected chi connectivity index (χ2v) is 4.78. The van der Waals surface area contributed by atoms with E-state index < -0.39 is 17.3 Å². The van der Waals surface area contributed by atoms with Crippen molar-refractivity contribution in [2.75, 3.05) is 11.2 Å². The molecular formula is C12H10BrF3N2O. The van der Waals surface area contributed by atoms with Crippen LogP contribution in [0.25, 0.3) is 10.9 Å². The smallest absolute Gasteiger partial charge is 0.336 e. The maximum atomic E-state index is 13.2. The van der Waals surface area contributed by atoms with Gasteiger partial charge in [-0.1, -0.05) is 34.1 Å². The molecular weight excluding hydrogens is 325 g/mol. The number of benzene rings is 1. The molecule has 0 saturated heterocycles. The van der Waals surface area contributed by atoms with Crippen LogP contribution in [0.5, 0.6) is 0 Å². The first-order chi connectivity index (χ1) is 8.88. The van der Waals surface area contributed by atoms with Gasteiger partial charge in [-0.05, 0) is 12.5 Å². The molecule has 2 rings (SSSR count). The van der Waals surface area contributed by atoms with Crippen LogP contribution in [0.3, 0.4) is 0 Å². The van der Waals surface area contributed by atoms with Gasteiger partial charge in [0, 0.05) is 16.3 Å². The Balaban J connectivity index is 2.99. The van der Waals surface area contributed by atoms with Crippen LogP contribution in [0, 0.1) is 0 Å². The van der Waals surface area contributed by atoms with Crippen molar-refractivity contribution in [3.63, 3.8) is 0 Å². The molecule has 0 aliphatic heterocycles. The van der Waals surface area contributed by atoms with Gasteiger partial charge in [0.1, 0.15) is 0 Å². The van der Waals surface area contributed by atoms with E-state index in [0.717, 1.165) is 4.68 Å². The summed E-state index contributed by atoms with van der Waals surface area (Å²) in [5, 5.41) is 0.192. The summed E-state index contributed by atoms with van der Waals surface area (Å²) in [7, 11) is 0. The largest absolute Gasteiger partial charge is 0.417 e. The minimum Gasteiger partial charge on any atom is -0.336 e. The molecule has 0 spiro atoms. The lowest BCUT2D eigenvalue weighted by Crippen LogP contribution is -2.33. The highest BCUT2D eigenvalue weighted by Crippen LogP contribution is 2.36. The number of halogens is 4. The summed E-state index contributed by atoms with van der Waals surface area (Å²) in [5.74, 6) is 5.58. The lowest BCUT2D eigenvalue weighted by atomic mass is 10.0. The van der Waals surface area contributed by atoms with Crippen LogP contribution in [0.1, 0.15) is 11.1 Å². The first kappa shape index (κ1) is 13.9. The molecule has 1 aromatic carbocycles. The average Bonchev–Trinajstić information content (AvgIpc) is 2.34. The Morgan fingerprint density at radius 1 is 1.26 bits per heavy atom. The van der Waals surface area contributed by atoms with Gasteiger partial charge in [-0.15, -0.1) is 0 Å². The Morgan fingerprint density at radius 2 is 1.89 bits per heavy atom. The Hall–Kier alpha value is -1.50. The van der Waals surface area contributed by atoms with Crippen LogP contribution in [-0.2, 0) is 12.6 Å². The quantitative estimate of drug-likeness (QED) is 0.678. The van der Waals surface area contributed by atoms with Crippen LogP contribution < -0.4 is 11.4 Å². The van der Waals surface area contributed by atoms with Gasteiger partial charge in [0.05, 0.1) is 11.1 Å². The lowest BCUT2D eigenvalue weighted by molar-refractivity contribution is -0.137. The second-order valence-electron chi connectivity index (χ2n) is 3.98. The van der Waals surface area contributed by atoms with Crippen LogP contribution in [0.4, 0.5) is 13.2 Å². The van der Waals surface area contributed by atoms with E-state index in [0.29, 0.717) is 0 Å². The average molecular weight is 335 g/mol. The summed E-state index contributed by atoms with van der Waals surface area (Å²) in [6.45, 7) is 0. The third kappa shape index (κ3) is 2.34. The van der Waals surface area contributed by atoms with Crippen molar-refractivity contribution in [2.45, 2.75) is 12.6 Å². The van der Waals surface area contributed by atoms with E-state index in [1.807, 2.05) is 0 Å². The molecule has 0 radical (unpaired) electrons. The topological polar surface area (TPSA) is 48.0 Å². The van der Waals surface area contributed by atoms with Crippen molar-refractivity contribution in [1.29, 1.82) is 0 Å². The normalized spacial score (nSPS) is 12.0. The maximum absolute atomic E-state index is 13.2. The highest BCUT2D eigenvalue weighted by atomic mass is 79.9. The predicted molar refractivity (Wildman–Crippen MR) is 70.9 cm³/mol. The Labute approximate surface area is 114 Å². The molecule has 1 heterocycles. The van der Waals surface area contributed by atoms with E-state index in [4.69, 9.17) is 5.84 Å². The summed E-state index contributed by atoms with van der Waals surface area (Å²) < 4.78 is 40.4. The molecule has 0 aliphatic rings. The molecule has 0 aliphatic carbocycles. The van der Waals surface area contributed by atoms with Crippen molar-refractivity contribution in [1.82, 2.24) is 4.68 Å². The zero-order chi connectivity index (χ0) is 14.2. The number of nitrogens with zero attached hydrogens (tertiary/aromatic N) is 1. The minimum absolute atomic E-state index is 0.0320. The maximum Gasteiger partial charge on any atom is 0.417 e. The van der Waals surface area contributed by atoms with Gasteiger partial charge in [-0.2, -0.15) is 13.2 Å². The van der Waals surface area contributed by atoms with Crippen molar-refractivity contribution in [2.24, 2.45) is 0 Å². The molecule has 0 saturated carbocycles. The standard InChI is InChI=1S/C12H10BrF3N2O/c13-6-5-8-10(12(14,15)16)7-3-1-2-4-9(7)18(17)11(8)19/h1-4H,5-6,17H2. The number of hydrogen-bond acceptors (Lipinski definition) is 2. The van der Waals surface area contributed by atoms with Gasteiger partial charge >= 0.3 is 6.18 Å². The van der Waals surface area contributed by atoms with Gasteiger partial charge in [0.2, 0.25) is 0 Å². The van der Waals surface area contributed by atoms with Crippen molar-refractivity contribution in [3.8, 4) is 0 Å². The van der Waals surface area contributed by atoms with Crippen molar-refractivity contribution < 1.29 is 13.2 Å². The third-order valence-electron chi connectivity index (χ3n) is 2.84. The molecule has 19 heavy (non-hydrogen) atoms. The number of nitrogen functional groups attached to an aromatic ring is 1.